The monoisotopic (exact) mass is 339 g/mol. The molecular formula is C20H25N3O2. The van der Waals surface area contributed by atoms with Gasteiger partial charge in [-0.3, -0.25) is 9.59 Å². The fraction of sp³-hybridized carbons (Fsp3) is 0.300. The molecule has 0 aliphatic rings. The van der Waals surface area contributed by atoms with Crippen LogP contribution in [-0.4, -0.2) is 18.4 Å². The lowest BCUT2D eigenvalue weighted by Gasteiger charge is -2.11. The van der Waals surface area contributed by atoms with E-state index in [-0.39, 0.29) is 18.4 Å². The molecule has 0 aliphatic carbocycles. The Bertz CT molecular complexity index is 736. The maximum atomic E-state index is 12.1. The van der Waals surface area contributed by atoms with Gasteiger partial charge in [0.2, 0.25) is 11.8 Å². The molecule has 0 bridgehead atoms. The number of rotatable bonds is 7. The maximum absolute atomic E-state index is 12.1. The second kappa shape index (κ2) is 8.87. The number of amides is 2. The van der Waals surface area contributed by atoms with Crippen molar-refractivity contribution in [2.45, 2.75) is 33.6 Å². The van der Waals surface area contributed by atoms with E-state index < -0.39 is 0 Å². The maximum Gasteiger partial charge on any atom is 0.243 e. The average Bonchev–Trinajstić information content (AvgIpc) is 2.52. The Morgan fingerprint density at radius 3 is 2.04 bits per heavy atom. The Balaban J connectivity index is 1.90. The number of carbonyl (C=O) groups is 2. The van der Waals surface area contributed by atoms with E-state index in [0.29, 0.717) is 17.8 Å². The van der Waals surface area contributed by atoms with E-state index in [0.717, 1.165) is 23.2 Å². The summed E-state index contributed by atoms with van der Waals surface area (Å²) in [6, 6.07) is 13.2. The summed E-state index contributed by atoms with van der Waals surface area (Å²) >= 11 is 0. The van der Waals surface area contributed by atoms with Crippen molar-refractivity contribution >= 4 is 28.9 Å². The molecule has 0 fully saturated rings. The molecule has 0 saturated carbocycles. The summed E-state index contributed by atoms with van der Waals surface area (Å²) in [4.78, 5) is 23.8. The normalized spacial score (nSPS) is 10.2. The largest absolute Gasteiger partial charge is 0.376 e. The SMILES string of the molecule is CCCC(=O)Nc1cccc(NC(=O)CNc2cc(C)cc(C)c2)c1. The van der Waals surface area contributed by atoms with Crippen LogP contribution in [0.2, 0.25) is 0 Å². The quantitative estimate of drug-likeness (QED) is 0.711. The lowest BCUT2D eigenvalue weighted by Crippen LogP contribution is -2.22. The van der Waals surface area contributed by atoms with Gasteiger partial charge in [0.15, 0.2) is 0 Å². The standard InChI is InChI=1S/C20H25N3O2/c1-4-6-19(24)22-16-7-5-8-17(12-16)23-20(25)13-21-18-10-14(2)9-15(3)11-18/h5,7-12,21H,4,6,13H2,1-3H3,(H,22,24)(H,23,25). The van der Waals surface area contributed by atoms with E-state index in [2.05, 4.69) is 22.0 Å². The topological polar surface area (TPSA) is 70.2 Å². The Hall–Kier alpha value is -2.82. The first-order valence-electron chi connectivity index (χ1n) is 8.48. The Morgan fingerprint density at radius 1 is 0.840 bits per heavy atom. The molecule has 0 unspecified atom stereocenters. The van der Waals surface area contributed by atoms with Crippen molar-refractivity contribution in [3.63, 3.8) is 0 Å². The van der Waals surface area contributed by atoms with Crippen LogP contribution in [0.5, 0.6) is 0 Å². The molecule has 0 aromatic heterocycles. The number of hydrogen-bond acceptors (Lipinski definition) is 3. The second-order valence-electron chi connectivity index (χ2n) is 6.16. The minimum absolute atomic E-state index is 0.0255. The Labute approximate surface area is 148 Å². The van der Waals surface area contributed by atoms with Crippen LogP contribution in [0.3, 0.4) is 0 Å². The fourth-order valence-corrected chi connectivity index (χ4v) is 2.59. The summed E-state index contributed by atoms with van der Waals surface area (Å²) in [5.74, 6) is -0.168. The molecule has 25 heavy (non-hydrogen) atoms. The van der Waals surface area contributed by atoms with E-state index in [1.807, 2.05) is 32.9 Å². The van der Waals surface area contributed by atoms with Crippen LogP contribution >= 0.6 is 0 Å². The van der Waals surface area contributed by atoms with Gasteiger partial charge in [0.25, 0.3) is 0 Å². The first-order chi connectivity index (χ1) is 12.0. The van der Waals surface area contributed by atoms with Gasteiger partial charge >= 0.3 is 0 Å². The zero-order valence-electron chi connectivity index (χ0n) is 15.0. The number of anilines is 3. The van der Waals surface area contributed by atoms with Gasteiger partial charge in [0.1, 0.15) is 0 Å². The molecule has 0 heterocycles. The summed E-state index contributed by atoms with van der Waals surface area (Å²) in [5, 5.41) is 8.78. The molecule has 5 nitrogen and oxygen atoms in total. The van der Waals surface area contributed by atoms with Gasteiger partial charge in [0.05, 0.1) is 6.54 Å². The molecule has 0 aliphatic heterocycles. The minimum atomic E-state index is -0.142. The van der Waals surface area contributed by atoms with Gasteiger partial charge < -0.3 is 16.0 Å². The van der Waals surface area contributed by atoms with E-state index >= 15 is 0 Å². The van der Waals surface area contributed by atoms with E-state index in [1.165, 1.54) is 0 Å². The molecule has 0 saturated heterocycles. The van der Waals surface area contributed by atoms with Crippen molar-refractivity contribution in [2.24, 2.45) is 0 Å². The number of hydrogen-bond donors (Lipinski definition) is 3. The van der Waals surface area contributed by atoms with Crippen molar-refractivity contribution in [3.8, 4) is 0 Å². The highest BCUT2D eigenvalue weighted by molar-refractivity contribution is 5.95. The average molecular weight is 339 g/mol. The lowest BCUT2D eigenvalue weighted by atomic mass is 10.1. The zero-order valence-corrected chi connectivity index (χ0v) is 15.0. The van der Waals surface area contributed by atoms with Crippen LogP contribution in [0.4, 0.5) is 17.1 Å². The predicted molar refractivity (Wildman–Crippen MR) is 103 cm³/mol. The molecular weight excluding hydrogens is 314 g/mol. The Morgan fingerprint density at radius 2 is 1.44 bits per heavy atom. The van der Waals surface area contributed by atoms with Gasteiger partial charge in [-0.1, -0.05) is 19.1 Å². The summed E-state index contributed by atoms with van der Waals surface area (Å²) in [7, 11) is 0. The van der Waals surface area contributed by atoms with Crippen molar-refractivity contribution < 1.29 is 9.59 Å². The van der Waals surface area contributed by atoms with Crippen LogP contribution in [0.25, 0.3) is 0 Å². The minimum Gasteiger partial charge on any atom is -0.376 e. The molecule has 2 aromatic rings. The molecule has 3 N–H and O–H groups in total. The van der Waals surface area contributed by atoms with Crippen LogP contribution in [0.15, 0.2) is 42.5 Å². The van der Waals surface area contributed by atoms with Crippen LogP contribution in [0.1, 0.15) is 30.9 Å². The van der Waals surface area contributed by atoms with Gasteiger partial charge in [0, 0.05) is 23.5 Å². The third-order valence-electron chi connectivity index (χ3n) is 3.58. The summed E-state index contributed by atoms with van der Waals surface area (Å²) in [6.07, 6.45) is 1.28. The molecule has 2 aromatic carbocycles. The molecule has 0 spiro atoms. The molecule has 5 heteroatoms. The van der Waals surface area contributed by atoms with E-state index in [4.69, 9.17) is 0 Å². The van der Waals surface area contributed by atoms with E-state index in [9.17, 15) is 9.59 Å². The molecule has 2 rings (SSSR count). The van der Waals surface area contributed by atoms with Gasteiger partial charge in [-0.15, -0.1) is 0 Å². The van der Waals surface area contributed by atoms with Crippen LogP contribution < -0.4 is 16.0 Å². The van der Waals surface area contributed by atoms with Crippen molar-refractivity contribution in [1.29, 1.82) is 0 Å². The second-order valence-corrected chi connectivity index (χ2v) is 6.16. The number of carbonyl (C=O) groups excluding carboxylic acids is 2. The summed E-state index contributed by atoms with van der Waals surface area (Å²) in [5.41, 5.74) is 4.56. The Kier molecular flexibility index (Phi) is 6.57. The fourth-order valence-electron chi connectivity index (χ4n) is 2.59. The molecule has 132 valence electrons. The third kappa shape index (κ3) is 6.30. The smallest absolute Gasteiger partial charge is 0.243 e. The number of aryl methyl sites for hydroxylation is 2. The lowest BCUT2D eigenvalue weighted by molar-refractivity contribution is -0.116. The van der Waals surface area contributed by atoms with Crippen molar-refractivity contribution in [2.75, 3.05) is 22.5 Å². The summed E-state index contributed by atoms with van der Waals surface area (Å²) in [6.45, 7) is 6.18. The summed E-state index contributed by atoms with van der Waals surface area (Å²) < 4.78 is 0. The zero-order chi connectivity index (χ0) is 18.2. The molecule has 2 amide bonds. The highest BCUT2D eigenvalue weighted by Crippen LogP contribution is 2.16. The van der Waals surface area contributed by atoms with Crippen molar-refractivity contribution in [1.82, 2.24) is 0 Å². The first-order valence-corrected chi connectivity index (χ1v) is 8.48. The first kappa shape index (κ1) is 18.5. The van der Waals surface area contributed by atoms with Gasteiger partial charge in [-0.05, 0) is 61.7 Å². The van der Waals surface area contributed by atoms with Crippen LogP contribution in [-0.2, 0) is 9.59 Å². The molecule has 0 radical (unpaired) electrons. The highest BCUT2D eigenvalue weighted by atomic mass is 16.2. The van der Waals surface area contributed by atoms with Crippen LogP contribution in [0, 0.1) is 13.8 Å². The molecule has 0 atom stereocenters. The number of nitrogens with one attached hydrogen (secondary N) is 3. The van der Waals surface area contributed by atoms with Gasteiger partial charge in [-0.25, -0.2) is 0 Å². The third-order valence-corrected chi connectivity index (χ3v) is 3.58. The highest BCUT2D eigenvalue weighted by Gasteiger charge is 2.05. The van der Waals surface area contributed by atoms with Crippen molar-refractivity contribution in [3.05, 3.63) is 53.6 Å². The predicted octanol–water partition coefficient (Wildman–Crippen LogP) is 4.09. The van der Waals surface area contributed by atoms with E-state index in [1.54, 1.807) is 24.3 Å². The number of benzene rings is 2. The van der Waals surface area contributed by atoms with Gasteiger partial charge in [-0.2, -0.15) is 0 Å².